The van der Waals surface area contributed by atoms with E-state index < -0.39 is 10.0 Å². The lowest BCUT2D eigenvalue weighted by Gasteiger charge is -2.31. The summed E-state index contributed by atoms with van der Waals surface area (Å²) in [5.41, 5.74) is -0.0783. The van der Waals surface area contributed by atoms with Crippen molar-refractivity contribution in [2.75, 3.05) is 39.4 Å². The van der Waals surface area contributed by atoms with Crippen molar-refractivity contribution < 1.29 is 17.6 Å². The minimum atomic E-state index is -3.13. The van der Waals surface area contributed by atoms with E-state index in [-0.39, 0.29) is 10.7 Å². The van der Waals surface area contributed by atoms with Crippen LogP contribution in [0.25, 0.3) is 0 Å². The lowest BCUT2D eigenvalue weighted by atomic mass is 9.88. The summed E-state index contributed by atoms with van der Waals surface area (Å²) in [6, 6.07) is 3.89. The fourth-order valence-electron chi connectivity index (χ4n) is 3.78. The predicted octanol–water partition coefficient (Wildman–Crippen LogP) is 1.30. The standard InChI is InChI=1S/C16H24N2O4S/c19-23(20,15-3-4-15)18-7-9-21-13-16(12-18)5-6-17(11-16)10-14-2-1-8-22-14/h1-2,8,15H,3-7,9-13H2/t16-/m0/s1. The molecule has 0 amide bonds. The summed E-state index contributed by atoms with van der Waals surface area (Å²) < 4.78 is 38.2. The third-order valence-electron chi connectivity index (χ3n) is 5.19. The maximum absolute atomic E-state index is 12.6. The van der Waals surface area contributed by atoms with Crippen LogP contribution in [0.4, 0.5) is 0 Å². The van der Waals surface area contributed by atoms with Crippen LogP contribution in [0.5, 0.6) is 0 Å². The van der Waals surface area contributed by atoms with Crippen LogP contribution in [0.2, 0.25) is 0 Å². The summed E-state index contributed by atoms with van der Waals surface area (Å²) in [5.74, 6) is 0.957. The van der Waals surface area contributed by atoms with Gasteiger partial charge in [-0.3, -0.25) is 4.90 Å². The first-order valence-corrected chi connectivity index (χ1v) is 9.89. The van der Waals surface area contributed by atoms with Gasteiger partial charge in [0.05, 0.1) is 31.3 Å². The minimum absolute atomic E-state index is 0.0783. The highest BCUT2D eigenvalue weighted by molar-refractivity contribution is 7.90. The number of likely N-dealkylation sites (tertiary alicyclic amines) is 1. The molecular weight excluding hydrogens is 316 g/mol. The van der Waals surface area contributed by atoms with Gasteiger partial charge in [0.1, 0.15) is 5.76 Å². The molecule has 3 fully saturated rings. The Balaban J connectivity index is 1.46. The Bertz CT molecular complexity index is 641. The number of nitrogens with zero attached hydrogens (tertiary/aromatic N) is 2. The molecule has 6 nitrogen and oxygen atoms in total. The van der Waals surface area contributed by atoms with Crippen LogP contribution in [0.15, 0.2) is 22.8 Å². The molecule has 23 heavy (non-hydrogen) atoms. The fraction of sp³-hybridized carbons (Fsp3) is 0.750. The van der Waals surface area contributed by atoms with Crippen LogP contribution in [-0.4, -0.2) is 62.3 Å². The summed E-state index contributed by atoms with van der Waals surface area (Å²) in [6.07, 6.45) is 4.30. The molecule has 4 rings (SSSR count). The second-order valence-corrected chi connectivity index (χ2v) is 9.38. The summed E-state index contributed by atoms with van der Waals surface area (Å²) in [6.45, 7) is 4.86. The van der Waals surface area contributed by atoms with Gasteiger partial charge in [-0.05, 0) is 37.9 Å². The monoisotopic (exact) mass is 340 g/mol. The minimum Gasteiger partial charge on any atom is -0.468 e. The average molecular weight is 340 g/mol. The van der Waals surface area contributed by atoms with Crippen LogP contribution in [-0.2, 0) is 21.3 Å². The van der Waals surface area contributed by atoms with Crippen molar-refractivity contribution in [3.05, 3.63) is 24.2 Å². The number of sulfonamides is 1. The second kappa shape index (κ2) is 5.88. The zero-order valence-corrected chi connectivity index (χ0v) is 14.1. The van der Waals surface area contributed by atoms with Gasteiger partial charge in [-0.1, -0.05) is 0 Å². The first-order chi connectivity index (χ1) is 11.1. The molecule has 1 aromatic heterocycles. The van der Waals surface area contributed by atoms with Gasteiger partial charge < -0.3 is 9.15 Å². The summed E-state index contributed by atoms with van der Waals surface area (Å²) in [5, 5.41) is -0.140. The molecule has 3 aliphatic rings. The van der Waals surface area contributed by atoms with Gasteiger partial charge in [0.25, 0.3) is 0 Å². The van der Waals surface area contributed by atoms with E-state index in [1.165, 1.54) is 0 Å². The Kier molecular flexibility index (Phi) is 3.99. The van der Waals surface area contributed by atoms with Crippen molar-refractivity contribution in [3.8, 4) is 0 Å². The summed E-state index contributed by atoms with van der Waals surface area (Å²) in [4.78, 5) is 2.34. The molecule has 0 N–H and O–H groups in total. The molecule has 1 aromatic rings. The summed E-state index contributed by atoms with van der Waals surface area (Å²) >= 11 is 0. The molecule has 128 valence electrons. The Morgan fingerprint density at radius 1 is 1.26 bits per heavy atom. The van der Waals surface area contributed by atoms with Crippen LogP contribution >= 0.6 is 0 Å². The van der Waals surface area contributed by atoms with E-state index >= 15 is 0 Å². The molecule has 1 aliphatic carbocycles. The molecule has 3 heterocycles. The van der Waals surface area contributed by atoms with E-state index in [0.717, 1.165) is 44.7 Å². The summed E-state index contributed by atoms with van der Waals surface area (Å²) in [7, 11) is -3.13. The van der Waals surface area contributed by atoms with Crippen LogP contribution in [0.3, 0.4) is 0 Å². The average Bonchev–Trinajstić information content (AvgIpc) is 3.20. The zero-order valence-electron chi connectivity index (χ0n) is 13.3. The number of hydrogen-bond acceptors (Lipinski definition) is 5. The second-order valence-electron chi connectivity index (χ2n) is 7.17. The molecule has 0 aromatic carbocycles. The molecule has 0 unspecified atom stereocenters. The van der Waals surface area contributed by atoms with Crippen molar-refractivity contribution in [2.24, 2.45) is 5.41 Å². The molecule has 2 aliphatic heterocycles. The SMILES string of the molecule is O=S(=O)(C1CC1)N1CCOC[C@]2(CCN(Cc3ccco3)C2)C1. The van der Waals surface area contributed by atoms with Gasteiger partial charge in [-0.15, -0.1) is 0 Å². The van der Waals surface area contributed by atoms with E-state index in [9.17, 15) is 8.42 Å². The molecule has 1 saturated carbocycles. The third kappa shape index (κ3) is 3.20. The largest absolute Gasteiger partial charge is 0.468 e. The quantitative estimate of drug-likeness (QED) is 0.827. The van der Waals surface area contributed by atoms with Crippen molar-refractivity contribution in [1.29, 1.82) is 0 Å². The van der Waals surface area contributed by atoms with Crippen LogP contribution in [0.1, 0.15) is 25.0 Å². The molecular formula is C16H24N2O4S. The molecule has 1 spiro atoms. The zero-order chi connectivity index (χ0) is 15.9. The highest BCUT2D eigenvalue weighted by atomic mass is 32.2. The van der Waals surface area contributed by atoms with Crippen molar-refractivity contribution >= 4 is 10.0 Å². The smallest absolute Gasteiger partial charge is 0.217 e. The van der Waals surface area contributed by atoms with Crippen LogP contribution < -0.4 is 0 Å². The van der Waals surface area contributed by atoms with E-state index in [4.69, 9.17) is 9.15 Å². The molecule has 1 atom stereocenters. The number of hydrogen-bond donors (Lipinski definition) is 0. The Hall–Kier alpha value is -0.890. The normalized spacial score (nSPS) is 30.8. The number of rotatable bonds is 4. The first kappa shape index (κ1) is 15.6. The molecule has 0 radical (unpaired) electrons. The van der Waals surface area contributed by atoms with E-state index in [0.29, 0.717) is 26.3 Å². The van der Waals surface area contributed by atoms with E-state index in [1.54, 1.807) is 10.6 Å². The fourth-order valence-corrected chi connectivity index (χ4v) is 5.72. The van der Waals surface area contributed by atoms with Crippen LogP contribution in [0, 0.1) is 5.41 Å². The van der Waals surface area contributed by atoms with E-state index in [2.05, 4.69) is 4.90 Å². The molecule has 2 saturated heterocycles. The van der Waals surface area contributed by atoms with Gasteiger partial charge >= 0.3 is 0 Å². The lowest BCUT2D eigenvalue weighted by molar-refractivity contribution is 0.0716. The van der Waals surface area contributed by atoms with Gasteiger partial charge in [0.15, 0.2) is 0 Å². The maximum atomic E-state index is 12.6. The topological polar surface area (TPSA) is 63.0 Å². The first-order valence-electron chi connectivity index (χ1n) is 8.39. The highest BCUT2D eigenvalue weighted by Gasteiger charge is 2.47. The van der Waals surface area contributed by atoms with E-state index in [1.807, 2.05) is 12.1 Å². The van der Waals surface area contributed by atoms with Gasteiger partial charge in [0.2, 0.25) is 10.0 Å². The van der Waals surface area contributed by atoms with Crippen molar-refractivity contribution in [1.82, 2.24) is 9.21 Å². The van der Waals surface area contributed by atoms with Gasteiger partial charge in [-0.25, -0.2) is 8.42 Å². The third-order valence-corrected chi connectivity index (χ3v) is 7.53. The highest BCUT2D eigenvalue weighted by Crippen LogP contribution is 2.38. The Morgan fingerprint density at radius 3 is 2.87 bits per heavy atom. The number of furan rings is 1. The Labute approximate surface area is 137 Å². The molecule has 7 heteroatoms. The Morgan fingerprint density at radius 2 is 2.13 bits per heavy atom. The molecule has 0 bridgehead atoms. The maximum Gasteiger partial charge on any atom is 0.217 e. The van der Waals surface area contributed by atoms with Crippen molar-refractivity contribution in [3.63, 3.8) is 0 Å². The number of ether oxygens (including phenoxy) is 1. The lowest BCUT2D eigenvalue weighted by Crippen LogP contribution is -2.44. The van der Waals surface area contributed by atoms with Crippen molar-refractivity contribution in [2.45, 2.75) is 31.1 Å². The predicted molar refractivity (Wildman–Crippen MR) is 85.4 cm³/mol. The van der Waals surface area contributed by atoms with Gasteiger partial charge in [-0.2, -0.15) is 4.31 Å². The van der Waals surface area contributed by atoms with Gasteiger partial charge in [0, 0.05) is 25.0 Å².